The van der Waals surface area contributed by atoms with Gasteiger partial charge in [-0.15, -0.1) is 0 Å². The summed E-state index contributed by atoms with van der Waals surface area (Å²) < 4.78 is 11.5. The fraction of sp³-hybridized carbons (Fsp3) is 0. The Bertz CT molecular complexity index is 4540. The quantitative estimate of drug-likeness (QED) is 0.0989. The van der Waals surface area contributed by atoms with Crippen molar-refractivity contribution < 1.29 is 4.42 Å². The minimum atomic E-state index is -3.02. The summed E-state index contributed by atoms with van der Waals surface area (Å²) in [6.45, 7) is 0. The van der Waals surface area contributed by atoms with Crippen molar-refractivity contribution in [3.05, 3.63) is 303 Å². The fourth-order valence-electron chi connectivity index (χ4n) is 13.3. The second kappa shape index (κ2) is 18.1. The van der Waals surface area contributed by atoms with Crippen LogP contribution in [0.25, 0.3) is 76.9 Å². The highest BCUT2D eigenvalue weighted by molar-refractivity contribution is 7.21. The molecule has 0 aliphatic carbocycles. The van der Waals surface area contributed by atoms with Crippen molar-refractivity contribution in [2.75, 3.05) is 0 Å². The average molecular weight is 1020 g/mol. The first-order valence-electron chi connectivity index (χ1n) is 26.6. The summed E-state index contributed by atoms with van der Waals surface area (Å²) in [7, 11) is -5.97. The third kappa shape index (κ3) is 6.74. The average Bonchev–Trinajstić information content (AvgIpc) is 4.37. The van der Waals surface area contributed by atoms with Gasteiger partial charge in [0.25, 0.3) is 0 Å². The Labute approximate surface area is 448 Å². The van der Waals surface area contributed by atoms with Crippen LogP contribution in [-0.4, -0.2) is 25.3 Å². The fourth-order valence-corrected chi connectivity index (χ4v) is 23.1. The molecule has 5 heteroatoms. The van der Waals surface area contributed by atoms with Gasteiger partial charge in [0.05, 0.1) is 27.8 Å². The Morgan fingerprint density at radius 1 is 0.247 bits per heavy atom. The smallest absolute Gasteiger partial charge is 0.180 e. The van der Waals surface area contributed by atoms with Crippen LogP contribution in [0.1, 0.15) is 0 Å². The van der Waals surface area contributed by atoms with E-state index in [1.54, 1.807) is 0 Å². The Balaban J connectivity index is 0.997. The minimum absolute atomic E-state index is 0.901. The van der Waals surface area contributed by atoms with Crippen LogP contribution in [-0.2, 0) is 0 Å². The van der Waals surface area contributed by atoms with Gasteiger partial charge in [0.1, 0.15) is 11.2 Å². The van der Waals surface area contributed by atoms with E-state index in [1.165, 1.54) is 74.1 Å². The number of furan rings is 1. The van der Waals surface area contributed by atoms with E-state index in [9.17, 15) is 0 Å². The Hall–Kier alpha value is -9.53. The summed E-state index contributed by atoms with van der Waals surface area (Å²) >= 11 is 0. The molecule has 0 spiro atoms. The molecule has 15 aromatic rings. The zero-order valence-corrected chi connectivity index (χ0v) is 44.2. The number of aromatic nitrogens is 2. The van der Waals surface area contributed by atoms with Crippen molar-refractivity contribution in [3.8, 4) is 11.4 Å². The summed E-state index contributed by atoms with van der Waals surface area (Å²) in [5.41, 5.74) is 8.78. The third-order valence-electron chi connectivity index (χ3n) is 16.4. The number of nitrogens with zero attached hydrogens (tertiary/aromatic N) is 2. The van der Waals surface area contributed by atoms with Crippen molar-refractivity contribution in [1.82, 2.24) is 9.13 Å². The lowest BCUT2D eigenvalue weighted by Crippen LogP contribution is -2.74. The Kier molecular flexibility index (Phi) is 10.6. The molecule has 0 atom stereocenters. The van der Waals surface area contributed by atoms with E-state index >= 15 is 0 Å². The highest BCUT2D eigenvalue weighted by atomic mass is 28.3. The van der Waals surface area contributed by atoms with E-state index in [1.807, 2.05) is 0 Å². The van der Waals surface area contributed by atoms with Gasteiger partial charge in [-0.3, -0.25) is 0 Å². The molecule has 0 fully saturated rings. The molecule has 3 nitrogen and oxygen atoms in total. The zero-order chi connectivity index (χ0) is 50.9. The monoisotopic (exact) mass is 1010 g/mol. The van der Waals surface area contributed by atoms with Gasteiger partial charge in [-0.2, -0.15) is 0 Å². The molecule has 3 aromatic heterocycles. The molecule has 15 rings (SSSR count). The molecular formula is C72H50N2OSi2. The van der Waals surface area contributed by atoms with E-state index in [2.05, 4.69) is 312 Å². The molecule has 0 radical (unpaired) electrons. The van der Waals surface area contributed by atoms with E-state index in [0.717, 1.165) is 44.3 Å². The second-order valence-electron chi connectivity index (χ2n) is 20.3. The molecule has 0 amide bonds. The first kappa shape index (κ1) is 44.9. The summed E-state index contributed by atoms with van der Waals surface area (Å²) in [4.78, 5) is 0. The van der Waals surface area contributed by atoms with Gasteiger partial charge in [0.15, 0.2) is 16.1 Å². The van der Waals surface area contributed by atoms with Crippen LogP contribution in [0.4, 0.5) is 0 Å². The predicted molar refractivity (Wildman–Crippen MR) is 330 cm³/mol. The standard InChI is InChI=1S/C72H50N2OSi2/c1-6-26-52(27-7-1)76(53-28-8-2-9-29-53,58-47-48-69-62(50-58)59-37-18-21-45-68(59)75-69)57-36-22-25-51(49-57)73-63-40-19-16-38-60(63)71-65(73)42-23-43-66(71)74-64-41-20-17-39-61(64)72-67(74)44-24-46-70(72)77(54-30-10-3-11-31-54,55-32-12-4-13-33-55)56-34-14-5-15-35-56/h1-50H. The van der Waals surface area contributed by atoms with Gasteiger partial charge in [-0.1, -0.05) is 249 Å². The van der Waals surface area contributed by atoms with Crippen LogP contribution in [0.5, 0.6) is 0 Å². The Morgan fingerprint density at radius 2 is 0.662 bits per heavy atom. The van der Waals surface area contributed by atoms with Crippen LogP contribution in [0, 0.1) is 0 Å². The lowest BCUT2D eigenvalue weighted by molar-refractivity contribution is 0.669. The number of hydrogen-bond donors (Lipinski definition) is 0. The highest BCUT2D eigenvalue weighted by Crippen LogP contribution is 2.40. The van der Waals surface area contributed by atoms with Gasteiger partial charge in [-0.25, -0.2) is 0 Å². The normalized spacial score (nSPS) is 12.2. The molecule has 12 aromatic carbocycles. The van der Waals surface area contributed by atoms with E-state index in [-0.39, 0.29) is 0 Å². The number of rotatable bonds is 10. The van der Waals surface area contributed by atoms with Gasteiger partial charge >= 0.3 is 0 Å². The molecule has 0 unspecified atom stereocenters. The van der Waals surface area contributed by atoms with Crippen LogP contribution in [0.2, 0.25) is 0 Å². The van der Waals surface area contributed by atoms with E-state index < -0.39 is 16.1 Å². The van der Waals surface area contributed by atoms with Crippen molar-refractivity contribution in [3.63, 3.8) is 0 Å². The maximum atomic E-state index is 6.46. The summed E-state index contributed by atoms with van der Waals surface area (Å²) in [6.07, 6.45) is 0. The molecule has 0 N–H and O–H groups in total. The van der Waals surface area contributed by atoms with Gasteiger partial charge < -0.3 is 13.6 Å². The van der Waals surface area contributed by atoms with Crippen LogP contribution in [0.3, 0.4) is 0 Å². The third-order valence-corrected chi connectivity index (χ3v) is 26.0. The lowest BCUT2D eigenvalue weighted by atomic mass is 10.1. The molecule has 77 heavy (non-hydrogen) atoms. The van der Waals surface area contributed by atoms with Crippen LogP contribution >= 0.6 is 0 Å². The van der Waals surface area contributed by atoms with Gasteiger partial charge in [0.2, 0.25) is 0 Å². The summed E-state index contributed by atoms with van der Waals surface area (Å²) in [5, 5.41) is 17.9. The molecular weight excluding hydrogens is 965 g/mol. The first-order chi connectivity index (χ1) is 38.2. The summed E-state index contributed by atoms with van der Waals surface area (Å²) in [6, 6.07) is 113. The zero-order valence-electron chi connectivity index (χ0n) is 42.2. The van der Waals surface area contributed by atoms with E-state index in [0.29, 0.717) is 0 Å². The minimum Gasteiger partial charge on any atom is -0.456 e. The predicted octanol–water partition coefficient (Wildman–Crippen LogP) is 12.5. The van der Waals surface area contributed by atoms with E-state index in [4.69, 9.17) is 4.42 Å². The molecule has 0 saturated heterocycles. The van der Waals surface area contributed by atoms with Crippen LogP contribution < -0.4 is 41.5 Å². The maximum absolute atomic E-state index is 6.46. The number of para-hydroxylation sites is 3. The van der Waals surface area contributed by atoms with Gasteiger partial charge in [0, 0.05) is 38.0 Å². The molecule has 0 saturated carbocycles. The van der Waals surface area contributed by atoms with Gasteiger partial charge in [-0.05, 0) is 96.1 Å². The topological polar surface area (TPSA) is 23.0 Å². The molecule has 3 heterocycles. The second-order valence-corrected chi connectivity index (χ2v) is 27.8. The van der Waals surface area contributed by atoms with Crippen LogP contribution in [0.15, 0.2) is 308 Å². The number of hydrogen-bond acceptors (Lipinski definition) is 1. The number of fused-ring (bicyclic) bond motifs is 9. The molecule has 0 aliphatic rings. The first-order valence-corrected chi connectivity index (χ1v) is 30.6. The highest BCUT2D eigenvalue weighted by Gasteiger charge is 2.44. The largest absolute Gasteiger partial charge is 0.456 e. The molecule has 362 valence electrons. The molecule has 0 bridgehead atoms. The van der Waals surface area contributed by atoms with Crippen molar-refractivity contribution >= 4 is 123 Å². The lowest BCUT2D eigenvalue weighted by Gasteiger charge is -2.35. The van der Waals surface area contributed by atoms with Crippen molar-refractivity contribution in [2.24, 2.45) is 0 Å². The number of benzene rings is 12. The van der Waals surface area contributed by atoms with Crippen molar-refractivity contribution in [1.29, 1.82) is 0 Å². The maximum Gasteiger partial charge on any atom is 0.180 e. The Morgan fingerprint density at radius 3 is 1.26 bits per heavy atom. The van der Waals surface area contributed by atoms with Crippen molar-refractivity contribution in [2.45, 2.75) is 0 Å². The summed E-state index contributed by atoms with van der Waals surface area (Å²) in [5.74, 6) is 0. The molecule has 0 aliphatic heterocycles. The SMILES string of the molecule is c1ccc([Si](c2ccccc2)(c2cccc(-n3c4ccccc4c4c(-n5c6ccccc6c6c([Si](c7ccccc7)(c7ccccc7)c7ccccc7)cccc65)cccc43)c2)c2ccc3oc4ccccc4c3c2)cc1.